The van der Waals surface area contributed by atoms with Crippen LogP contribution in [0.1, 0.15) is 23.6 Å². The number of hydrogen-bond donors (Lipinski definition) is 2. The number of halogens is 6. The van der Waals surface area contributed by atoms with E-state index in [2.05, 4.69) is 4.74 Å². The molecule has 0 fully saturated rings. The van der Waals surface area contributed by atoms with E-state index in [9.17, 15) is 36.2 Å². The zero-order valence-electron chi connectivity index (χ0n) is 19.0. The van der Waals surface area contributed by atoms with Gasteiger partial charge >= 0.3 is 12.5 Å². The van der Waals surface area contributed by atoms with Gasteiger partial charge in [-0.2, -0.15) is 17.6 Å². The Hall–Kier alpha value is -3.53. The van der Waals surface area contributed by atoms with E-state index in [1.165, 1.54) is 19.1 Å². The number of alkyl halides is 4. The van der Waals surface area contributed by atoms with E-state index in [0.717, 1.165) is 24.3 Å². The minimum atomic E-state index is -4.93. The van der Waals surface area contributed by atoms with Crippen LogP contribution in [0, 0.1) is 17.6 Å². The smallest absolute Gasteiger partial charge is 0.428 e. The number of primary amides is 1. The number of nitrogens with two attached hydrogens (primary N) is 1. The third-order valence-corrected chi connectivity index (χ3v) is 5.90. The van der Waals surface area contributed by atoms with Gasteiger partial charge in [-0.3, -0.25) is 4.79 Å². The molecule has 2 unspecified atom stereocenters. The molecule has 0 saturated carbocycles. The van der Waals surface area contributed by atoms with Gasteiger partial charge in [0.25, 0.3) is 0 Å². The Balaban J connectivity index is 2.37. The van der Waals surface area contributed by atoms with Crippen LogP contribution in [0.3, 0.4) is 0 Å². The van der Waals surface area contributed by atoms with Crippen LogP contribution in [0.15, 0.2) is 72.8 Å². The van der Waals surface area contributed by atoms with E-state index >= 15 is 0 Å². The Bertz CT molecular complexity index is 1190. The van der Waals surface area contributed by atoms with Crippen molar-refractivity contribution in [1.29, 1.82) is 0 Å². The highest BCUT2D eigenvalue weighted by Gasteiger charge is 2.49. The van der Waals surface area contributed by atoms with Crippen LogP contribution in [-0.4, -0.2) is 29.7 Å². The molecule has 3 N–H and O–H groups in total. The van der Waals surface area contributed by atoms with Gasteiger partial charge in [-0.05, 0) is 54.3 Å². The summed E-state index contributed by atoms with van der Waals surface area (Å²) >= 11 is 0. The highest BCUT2D eigenvalue weighted by molar-refractivity contribution is 5.80. The van der Waals surface area contributed by atoms with Crippen molar-refractivity contribution in [3.05, 3.63) is 101 Å². The summed E-state index contributed by atoms with van der Waals surface area (Å²) in [7, 11) is 0. The molecule has 0 aliphatic carbocycles. The van der Waals surface area contributed by atoms with Crippen molar-refractivity contribution >= 4 is 5.91 Å². The van der Waals surface area contributed by atoms with E-state index in [1.54, 1.807) is 30.3 Å². The van der Waals surface area contributed by atoms with Gasteiger partial charge in [0.15, 0.2) is 0 Å². The quantitative estimate of drug-likeness (QED) is 0.367. The summed E-state index contributed by atoms with van der Waals surface area (Å²) < 4.78 is 85.6. The molecule has 0 saturated heterocycles. The molecule has 192 valence electrons. The molecule has 3 atom stereocenters. The Labute approximate surface area is 203 Å². The molecule has 36 heavy (non-hydrogen) atoms. The molecular weight excluding hydrogens is 488 g/mol. The number of ether oxygens (including phenoxy) is 1. The Morgan fingerprint density at radius 2 is 1.56 bits per heavy atom. The average molecular weight is 511 g/mol. The summed E-state index contributed by atoms with van der Waals surface area (Å²) in [5.41, 5.74) is 4.51. The summed E-state index contributed by atoms with van der Waals surface area (Å²) in [6.07, 6.45) is -10.7. The van der Waals surface area contributed by atoms with E-state index in [4.69, 9.17) is 5.73 Å². The SMILES string of the molecule is CC(O)C(C(N)=O)[C@](Cc1ccccc1)(c1ccc(F)cc1)c1cc(F)cc(OC(F)(F)C(F)F)c1. The van der Waals surface area contributed by atoms with Crippen molar-refractivity contribution < 1.29 is 41.0 Å². The summed E-state index contributed by atoms with van der Waals surface area (Å²) in [6.45, 7) is 1.26. The van der Waals surface area contributed by atoms with Crippen molar-refractivity contribution in [2.24, 2.45) is 11.7 Å². The van der Waals surface area contributed by atoms with Crippen LogP contribution in [-0.2, 0) is 16.6 Å². The molecule has 3 aromatic carbocycles. The van der Waals surface area contributed by atoms with Gasteiger partial charge in [0.1, 0.15) is 17.4 Å². The maximum absolute atomic E-state index is 14.8. The zero-order valence-corrected chi connectivity index (χ0v) is 19.0. The second kappa shape index (κ2) is 10.6. The fourth-order valence-electron chi connectivity index (χ4n) is 4.48. The molecule has 0 bridgehead atoms. The Morgan fingerprint density at radius 3 is 2.08 bits per heavy atom. The lowest BCUT2D eigenvalue weighted by Crippen LogP contribution is -2.50. The lowest BCUT2D eigenvalue weighted by molar-refractivity contribution is -0.253. The minimum Gasteiger partial charge on any atom is -0.428 e. The van der Waals surface area contributed by atoms with Crippen molar-refractivity contribution in [3.8, 4) is 5.75 Å². The van der Waals surface area contributed by atoms with Gasteiger partial charge in [0.05, 0.1) is 12.0 Å². The molecule has 0 spiro atoms. The number of amides is 1. The van der Waals surface area contributed by atoms with Gasteiger partial charge < -0.3 is 15.6 Å². The van der Waals surface area contributed by atoms with Crippen molar-refractivity contribution in [2.45, 2.75) is 37.4 Å². The van der Waals surface area contributed by atoms with Crippen molar-refractivity contribution in [2.75, 3.05) is 0 Å². The molecular formula is C26H23F6NO3. The van der Waals surface area contributed by atoms with Crippen LogP contribution >= 0.6 is 0 Å². The monoisotopic (exact) mass is 511 g/mol. The number of aliphatic hydroxyl groups is 1. The molecule has 4 nitrogen and oxygen atoms in total. The second-order valence-electron chi connectivity index (χ2n) is 8.40. The predicted molar refractivity (Wildman–Crippen MR) is 120 cm³/mol. The van der Waals surface area contributed by atoms with Crippen LogP contribution in [0.2, 0.25) is 0 Å². The van der Waals surface area contributed by atoms with E-state index in [1.807, 2.05) is 0 Å². The topological polar surface area (TPSA) is 72.5 Å². The normalized spacial score (nSPS) is 15.2. The van der Waals surface area contributed by atoms with Gasteiger partial charge in [0, 0.05) is 11.5 Å². The largest absolute Gasteiger partial charge is 0.461 e. The van der Waals surface area contributed by atoms with E-state index in [-0.39, 0.29) is 17.5 Å². The van der Waals surface area contributed by atoms with Crippen LogP contribution in [0.5, 0.6) is 5.75 Å². The third-order valence-electron chi connectivity index (χ3n) is 5.90. The molecule has 0 aromatic heterocycles. The molecule has 0 aliphatic heterocycles. The summed E-state index contributed by atoms with van der Waals surface area (Å²) in [6, 6.07) is 15.4. The number of carbonyl (C=O) groups is 1. The lowest BCUT2D eigenvalue weighted by Gasteiger charge is -2.42. The fraction of sp³-hybridized carbons (Fsp3) is 0.269. The average Bonchev–Trinajstić information content (AvgIpc) is 2.78. The number of benzene rings is 3. The van der Waals surface area contributed by atoms with Crippen LogP contribution < -0.4 is 10.5 Å². The minimum absolute atomic E-state index is 0.133. The number of rotatable bonds is 10. The molecule has 3 rings (SSSR count). The molecule has 0 radical (unpaired) electrons. The fourth-order valence-corrected chi connectivity index (χ4v) is 4.48. The lowest BCUT2D eigenvalue weighted by atomic mass is 9.61. The first-order valence-electron chi connectivity index (χ1n) is 10.8. The van der Waals surface area contributed by atoms with Crippen LogP contribution in [0.4, 0.5) is 26.3 Å². The van der Waals surface area contributed by atoms with Gasteiger partial charge in [-0.25, -0.2) is 8.78 Å². The first-order chi connectivity index (χ1) is 16.9. The summed E-state index contributed by atoms with van der Waals surface area (Å²) in [5.74, 6) is -5.23. The summed E-state index contributed by atoms with van der Waals surface area (Å²) in [5, 5.41) is 10.7. The van der Waals surface area contributed by atoms with Gasteiger partial charge in [-0.15, -0.1) is 0 Å². The first-order valence-corrected chi connectivity index (χ1v) is 10.8. The van der Waals surface area contributed by atoms with Gasteiger partial charge in [0.2, 0.25) is 5.91 Å². The maximum atomic E-state index is 14.8. The van der Waals surface area contributed by atoms with E-state index in [0.29, 0.717) is 11.6 Å². The predicted octanol–water partition coefficient (Wildman–Crippen LogP) is 5.21. The van der Waals surface area contributed by atoms with E-state index < -0.39 is 53.3 Å². The number of aliphatic hydroxyl groups excluding tert-OH is 1. The molecule has 0 aliphatic rings. The van der Waals surface area contributed by atoms with Crippen LogP contribution in [0.25, 0.3) is 0 Å². The van der Waals surface area contributed by atoms with Crippen molar-refractivity contribution in [3.63, 3.8) is 0 Å². The van der Waals surface area contributed by atoms with Crippen molar-refractivity contribution in [1.82, 2.24) is 0 Å². The molecule has 1 amide bonds. The number of hydrogen-bond acceptors (Lipinski definition) is 3. The number of carbonyl (C=O) groups excluding carboxylic acids is 1. The molecule has 10 heteroatoms. The molecule has 3 aromatic rings. The maximum Gasteiger partial charge on any atom is 0.461 e. The highest BCUT2D eigenvalue weighted by Crippen LogP contribution is 2.46. The Morgan fingerprint density at radius 1 is 0.944 bits per heavy atom. The highest BCUT2D eigenvalue weighted by atomic mass is 19.3. The zero-order chi connectivity index (χ0) is 26.7. The first kappa shape index (κ1) is 27.1. The second-order valence-corrected chi connectivity index (χ2v) is 8.40. The standard InChI is InChI=1S/C26H23F6NO3/c1-15(34)22(23(33)35)25(14-16-5-3-2-4-6-16,17-7-9-19(27)10-8-17)18-11-20(28)13-21(12-18)36-26(31,32)24(29)30/h2-13,15,22,24,34H,14H2,1H3,(H2,33,35)/t15?,22?,25-/m1/s1. The summed E-state index contributed by atoms with van der Waals surface area (Å²) in [4.78, 5) is 12.7. The Kier molecular flexibility index (Phi) is 7.98. The van der Waals surface area contributed by atoms with Gasteiger partial charge in [-0.1, -0.05) is 42.5 Å². The molecule has 0 heterocycles. The third kappa shape index (κ3) is 5.64.